The summed E-state index contributed by atoms with van der Waals surface area (Å²) >= 11 is 1.43. The number of carbonyl (C=O) groups is 1. The van der Waals surface area contributed by atoms with Crippen molar-refractivity contribution in [2.75, 3.05) is 13.1 Å². The Morgan fingerprint density at radius 3 is 2.30 bits per heavy atom. The lowest BCUT2D eigenvalue weighted by atomic mass is 9.82. The SMILES string of the molecule is O=C(NC1(C2CCCCC2)CC1)c1csc(C2CCN(S(=O)(=O)c3ccc(OC(F)(F)F)cc3)CC2)n1. The first-order valence-corrected chi connectivity index (χ1v) is 15.0. The number of rotatable bonds is 7. The number of carbonyl (C=O) groups excluding carboxylic acids is 1. The molecule has 1 aromatic heterocycles. The zero-order chi connectivity index (χ0) is 26.3. The van der Waals surface area contributed by atoms with Gasteiger partial charge in [0.2, 0.25) is 10.0 Å². The van der Waals surface area contributed by atoms with Crippen LogP contribution in [0, 0.1) is 5.92 Å². The summed E-state index contributed by atoms with van der Waals surface area (Å²) in [6.45, 7) is 0.527. The molecule has 2 saturated carbocycles. The van der Waals surface area contributed by atoms with Gasteiger partial charge in [0.15, 0.2) is 0 Å². The number of thiazole rings is 1. The normalized spacial score (nSPS) is 21.5. The van der Waals surface area contributed by atoms with E-state index in [1.165, 1.54) is 47.7 Å². The van der Waals surface area contributed by atoms with Crippen molar-refractivity contribution in [1.82, 2.24) is 14.6 Å². The Kier molecular flexibility index (Phi) is 7.27. The van der Waals surface area contributed by atoms with Gasteiger partial charge in [-0.3, -0.25) is 4.79 Å². The minimum atomic E-state index is -4.84. The summed E-state index contributed by atoms with van der Waals surface area (Å²) in [7, 11) is -3.85. The van der Waals surface area contributed by atoms with Crippen molar-refractivity contribution in [3.05, 3.63) is 40.3 Å². The number of amides is 1. The van der Waals surface area contributed by atoms with E-state index in [9.17, 15) is 26.4 Å². The number of alkyl halides is 3. The summed E-state index contributed by atoms with van der Waals surface area (Å²) in [5.41, 5.74) is 0.371. The third kappa shape index (κ3) is 5.96. The van der Waals surface area contributed by atoms with E-state index in [1.807, 2.05) is 0 Å². The van der Waals surface area contributed by atoms with Crippen molar-refractivity contribution >= 4 is 27.3 Å². The average molecular weight is 558 g/mol. The van der Waals surface area contributed by atoms with Crippen LogP contribution >= 0.6 is 11.3 Å². The first-order valence-electron chi connectivity index (χ1n) is 12.7. The molecule has 2 heterocycles. The number of aromatic nitrogens is 1. The molecule has 1 aliphatic heterocycles. The second-order valence-corrected chi connectivity index (χ2v) is 13.0. The van der Waals surface area contributed by atoms with Gasteiger partial charge in [-0.25, -0.2) is 13.4 Å². The second-order valence-electron chi connectivity index (χ2n) is 10.2. The van der Waals surface area contributed by atoms with Gasteiger partial charge < -0.3 is 10.1 Å². The molecule has 37 heavy (non-hydrogen) atoms. The van der Waals surface area contributed by atoms with Crippen LogP contribution in [0.5, 0.6) is 5.75 Å². The summed E-state index contributed by atoms with van der Waals surface area (Å²) in [4.78, 5) is 17.5. The lowest BCUT2D eigenvalue weighted by Gasteiger charge is -2.31. The predicted octanol–water partition coefficient (Wildman–Crippen LogP) is 5.45. The Morgan fingerprint density at radius 2 is 1.70 bits per heavy atom. The molecule has 3 aliphatic rings. The third-order valence-electron chi connectivity index (χ3n) is 7.79. The fourth-order valence-electron chi connectivity index (χ4n) is 5.60. The molecule has 1 N–H and O–H groups in total. The molecule has 1 amide bonds. The Morgan fingerprint density at radius 1 is 1.05 bits per heavy atom. The van der Waals surface area contributed by atoms with Crippen molar-refractivity contribution in [1.29, 1.82) is 0 Å². The van der Waals surface area contributed by atoms with E-state index in [-0.39, 0.29) is 35.3 Å². The lowest BCUT2D eigenvalue weighted by Crippen LogP contribution is -2.43. The molecule has 7 nitrogen and oxygen atoms in total. The number of sulfonamides is 1. The topological polar surface area (TPSA) is 88.6 Å². The predicted molar refractivity (Wildman–Crippen MR) is 132 cm³/mol. The largest absolute Gasteiger partial charge is 0.573 e. The van der Waals surface area contributed by atoms with E-state index in [0.717, 1.165) is 42.1 Å². The first kappa shape index (κ1) is 26.4. The Hall–Kier alpha value is -2.18. The van der Waals surface area contributed by atoms with Gasteiger partial charge in [-0.15, -0.1) is 24.5 Å². The highest BCUT2D eigenvalue weighted by molar-refractivity contribution is 7.89. The number of hydrogen-bond donors (Lipinski definition) is 1. The number of piperidine rings is 1. The first-order chi connectivity index (χ1) is 17.6. The van der Waals surface area contributed by atoms with Crippen molar-refractivity contribution < 1.29 is 31.1 Å². The van der Waals surface area contributed by atoms with E-state index in [0.29, 0.717) is 24.5 Å². The van der Waals surface area contributed by atoms with Crippen LogP contribution in [0.2, 0.25) is 0 Å². The van der Waals surface area contributed by atoms with Crippen LogP contribution in [0.25, 0.3) is 0 Å². The molecule has 12 heteroatoms. The molecule has 0 atom stereocenters. The van der Waals surface area contributed by atoms with Gasteiger partial charge in [-0.05, 0) is 68.7 Å². The summed E-state index contributed by atoms with van der Waals surface area (Å²) in [6, 6.07) is 4.23. The molecular weight excluding hydrogens is 527 g/mol. The third-order valence-corrected chi connectivity index (χ3v) is 10.7. The summed E-state index contributed by atoms with van der Waals surface area (Å²) in [5, 5.41) is 5.90. The molecule has 1 saturated heterocycles. The minimum Gasteiger partial charge on any atom is -0.406 e. The number of benzene rings is 1. The van der Waals surface area contributed by atoms with Gasteiger partial charge in [0.1, 0.15) is 11.4 Å². The van der Waals surface area contributed by atoms with Crippen LogP contribution in [0.1, 0.15) is 79.2 Å². The average Bonchev–Trinajstić information content (AvgIpc) is 3.48. The van der Waals surface area contributed by atoms with Crippen LogP contribution in [-0.2, 0) is 10.0 Å². The molecule has 5 rings (SSSR count). The fourth-order valence-corrected chi connectivity index (χ4v) is 8.04. The van der Waals surface area contributed by atoms with Crippen LogP contribution in [0.4, 0.5) is 13.2 Å². The highest BCUT2D eigenvalue weighted by atomic mass is 32.2. The Labute approximate surface area is 218 Å². The van der Waals surface area contributed by atoms with Gasteiger partial charge in [0.25, 0.3) is 5.91 Å². The van der Waals surface area contributed by atoms with E-state index in [2.05, 4.69) is 15.0 Å². The zero-order valence-corrected chi connectivity index (χ0v) is 21.9. The highest BCUT2D eigenvalue weighted by Crippen LogP contribution is 2.48. The molecule has 2 aliphatic carbocycles. The quantitative estimate of drug-likeness (QED) is 0.489. The summed E-state index contributed by atoms with van der Waals surface area (Å²) in [5.74, 6) is 0.0143. The smallest absolute Gasteiger partial charge is 0.406 e. The van der Waals surface area contributed by atoms with Crippen LogP contribution in [0.15, 0.2) is 34.5 Å². The molecule has 0 bridgehead atoms. The van der Waals surface area contributed by atoms with E-state index in [1.54, 1.807) is 5.38 Å². The minimum absolute atomic E-state index is 0.0498. The number of nitrogens with one attached hydrogen (secondary N) is 1. The van der Waals surface area contributed by atoms with Crippen molar-refractivity contribution in [2.45, 2.75) is 80.5 Å². The van der Waals surface area contributed by atoms with Gasteiger partial charge >= 0.3 is 6.36 Å². The van der Waals surface area contributed by atoms with Crippen LogP contribution < -0.4 is 10.1 Å². The highest BCUT2D eigenvalue weighted by Gasteiger charge is 2.50. The van der Waals surface area contributed by atoms with Gasteiger partial charge in [0.05, 0.1) is 9.90 Å². The molecule has 1 aromatic carbocycles. The second kappa shape index (κ2) is 10.2. The fraction of sp³-hybridized carbons (Fsp3) is 0.600. The number of nitrogens with zero attached hydrogens (tertiary/aromatic N) is 2. The number of halogens is 3. The maximum atomic E-state index is 13.0. The molecule has 0 spiro atoms. The van der Waals surface area contributed by atoms with Crippen molar-refractivity contribution in [3.8, 4) is 5.75 Å². The maximum Gasteiger partial charge on any atom is 0.573 e. The molecule has 0 radical (unpaired) electrons. The monoisotopic (exact) mass is 557 g/mol. The standard InChI is InChI=1S/C25H30F3N3O4S2/c26-25(27,28)35-19-6-8-20(9-7-19)37(33,34)31-14-10-17(11-15-31)23-29-21(16-36-23)22(32)30-24(12-13-24)18-4-2-1-3-5-18/h6-9,16-18H,1-5,10-15H2,(H,30,32). The van der Waals surface area contributed by atoms with Crippen molar-refractivity contribution in [2.24, 2.45) is 5.92 Å². The van der Waals surface area contributed by atoms with Crippen LogP contribution in [-0.4, -0.2) is 48.6 Å². The number of ether oxygens (including phenoxy) is 1. The van der Waals surface area contributed by atoms with E-state index < -0.39 is 22.1 Å². The summed E-state index contributed by atoms with van der Waals surface area (Å²) in [6.07, 6.45) is 4.42. The molecular formula is C25H30F3N3O4S2. The van der Waals surface area contributed by atoms with Crippen molar-refractivity contribution in [3.63, 3.8) is 0 Å². The van der Waals surface area contributed by atoms with Gasteiger partial charge in [0, 0.05) is 29.9 Å². The Balaban J connectivity index is 1.17. The molecule has 0 unspecified atom stereocenters. The van der Waals surface area contributed by atoms with Crippen LogP contribution in [0.3, 0.4) is 0 Å². The zero-order valence-electron chi connectivity index (χ0n) is 20.3. The van der Waals surface area contributed by atoms with E-state index >= 15 is 0 Å². The van der Waals surface area contributed by atoms with Gasteiger partial charge in [-0.2, -0.15) is 4.31 Å². The maximum absolute atomic E-state index is 13.0. The molecule has 202 valence electrons. The molecule has 3 fully saturated rings. The van der Waals surface area contributed by atoms with E-state index in [4.69, 9.17) is 0 Å². The molecule has 2 aromatic rings. The Bertz CT molecular complexity index is 1210. The summed E-state index contributed by atoms with van der Waals surface area (Å²) < 4.78 is 68.2. The number of hydrogen-bond acceptors (Lipinski definition) is 6. The van der Waals surface area contributed by atoms with Gasteiger partial charge in [-0.1, -0.05) is 19.3 Å². The lowest BCUT2D eigenvalue weighted by molar-refractivity contribution is -0.274.